The number of alkyl halides is 3. The van der Waals surface area contributed by atoms with Crippen LogP contribution in [0.25, 0.3) is 0 Å². The minimum absolute atomic E-state index is 0.113. The van der Waals surface area contributed by atoms with Crippen LogP contribution in [0.3, 0.4) is 0 Å². The van der Waals surface area contributed by atoms with Gasteiger partial charge in [-0.3, -0.25) is 0 Å². The molecular weight excluding hydrogens is 444 g/mol. The molecule has 9 heteroatoms. The van der Waals surface area contributed by atoms with E-state index in [2.05, 4.69) is 26.6 Å². The van der Waals surface area contributed by atoms with Crippen molar-refractivity contribution in [3.8, 4) is 0 Å². The van der Waals surface area contributed by atoms with Gasteiger partial charge in [-0.05, 0) is 64.5 Å². The van der Waals surface area contributed by atoms with Gasteiger partial charge in [0, 0.05) is 16.1 Å². The zero-order chi connectivity index (χ0) is 21.3. The number of hydrogen-bond donors (Lipinski definition) is 2. The van der Waals surface area contributed by atoms with Crippen molar-refractivity contribution in [1.29, 1.82) is 0 Å². The molecule has 4 nitrogen and oxygen atoms in total. The highest BCUT2D eigenvalue weighted by atomic mass is 79.9. The quantitative estimate of drug-likeness (QED) is 0.524. The monoisotopic (exact) mass is 468 g/mol. The Bertz CT molecular complexity index is 713. The van der Waals surface area contributed by atoms with E-state index in [-0.39, 0.29) is 40.2 Å². The van der Waals surface area contributed by atoms with Crippen LogP contribution < -0.4 is 10.6 Å². The van der Waals surface area contributed by atoms with Crippen molar-refractivity contribution < 1.29 is 27.1 Å². The highest BCUT2D eigenvalue weighted by molar-refractivity contribution is 9.10. The molecule has 0 bridgehead atoms. The van der Waals surface area contributed by atoms with Crippen LogP contribution in [-0.4, -0.2) is 24.3 Å². The number of benzene rings is 1. The van der Waals surface area contributed by atoms with Gasteiger partial charge in [0.1, 0.15) is 11.4 Å². The summed E-state index contributed by atoms with van der Waals surface area (Å²) in [6.45, 7) is 7.58. The topological polar surface area (TPSA) is 50.4 Å². The molecule has 0 heterocycles. The van der Waals surface area contributed by atoms with Gasteiger partial charge in [-0.25, -0.2) is 9.18 Å². The Morgan fingerprint density at radius 3 is 2.43 bits per heavy atom. The summed E-state index contributed by atoms with van der Waals surface area (Å²) in [6, 6.07) is 1.76. The molecule has 1 fully saturated rings. The first-order chi connectivity index (χ1) is 12.8. The van der Waals surface area contributed by atoms with Crippen molar-refractivity contribution in [3.05, 3.63) is 28.0 Å². The lowest BCUT2D eigenvalue weighted by Gasteiger charge is -2.39. The Morgan fingerprint density at radius 1 is 1.29 bits per heavy atom. The minimum Gasteiger partial charge on any atom is -0.449 e. The zero-order valence-electron chi connectivity index (χ0n) is 16.2. The molecule has 1 aromatic carbocycles. The summed E-state index contributed by atoms with van der Waals surface area (Å²) >= 11 is 3.03. The maximum absolute atomic E-state index is 13.9. The standard InChI is InChI=1S/C19H25BrF4N2O2/c1-10(12-5-11(6-12)9-28-17(27)26-18(2,3)4)25-15-8-13(20)7-14(21)16(15)19(22,23)24/h7-8,10-12,25H,5-6,9H2,1-4H3,(H,26,27)/t10-,11?,12?/m0/s1. The predicted octanol–water partition coefficient (Wildman–Crippen LogP) is 5.96. The second-order valence-electron chi connectivity index (χ2n) is 8.31. The van der Waals surface area contributed by atoms with Crippen LogP contribution in [0.4, 0.5) is 28.0 Å². The predicted molar refractivity (Wildman–Crippen MR) is 103 cm³/mol. The number of ether oxygens (including phenoxy) is 1. The summed E-state index contributed by atoms with van der Waals surface area (Å²) in [5, 5.41) is 5.51. The lowest BCUT2D eigenvalue weighted by molar-refractivity contribution is -0.139. The molecule has 158 valence electrons. The third kappa shape index (κ3) is 6.25. The summed E-state index contributed by atoms with van der Waals surface area (Å²) in [6.07, 6.45) is -3.84. The Labute approximate surface area is 170 Å². The van der Waals surface area contributed by atoms with E-state index < -0.39 is 23.7 Å². The molecule has 0 radical (unpaired) electrons. The average molecular weight is 469 g/mol. The number of hydrogen-bond acceptors (Lipinski definition) is 3. The highest BCUT2D eigenvalue weighted by Gasteiger charge is 2.39. The van der Waals surface area contributed by atoms with E-state index in [0.717, 1.165) is 18.9 Å². The van der Waals surface area contributed by atoms with E-state index >= 15 is 0 Å². The van der Waals surface area contributed by atoms with E-state index in [1.807, 2.05) is 20.8 Å². The largest absolute Gasteiger partial charge is 0.449 e. The van der Waals surface area contributed by atoms with Crippen LogP contribution in [0, 0.1) is 17.7 Å². The molecule has 1 amide bonds. The normalized spacial score (nSPS) is 20.9. The van der Waals surface area contributed by atoms with Crippen molar-refractivity contribution in [2.75, 3.05) is 11.9 Å². The van der Waals surface area contributed by atoms with Crippen LogP contribution in [0.2, 0.25) is 0 Å². The molecule has 2 N–H and O–H groups in total. The van der Waals surface area contributed by atoms with E-state index in [1.165, 1.54) is 6.07 Å². The SMILES string of the molecule is C[C@H](Nc1cc(Br)cc(F)c1C(F)(F)F)C1CC(COC(=O)NC(C)(C)C)C1. The molecule has 2 rings (SSSR count). The summed E-state index contributed by atoms with van der Waals surface area (Å²) in [5.41, 5.74) is -1.95. The molecule has 0 saturated heterocycles. The maximum atomic E-state index is 13.9. The van der Waals surface area contributed by atoms with Crippen molar-refractivity contribution in [2.24, 2.45) is 11.8 Å². The van der Waals surface area contributed by atoms with Crippen molar-refractivity contribution >= 4 is 27.7 Å². The fourth-order valence-corrected chi connectivity index (χ4v) is 3.64. The van der Waals surface area contributed by atoms with Gasteiger partial charge in [0.15, 0.2) is 0 Å². The smallest absolute Gasteiger partial charge is 0.421 e. The first-order valence-corrected chi connectivity index (χ1v) is 9.83. The van der Waals surface area contributed by atoms with Gasteiger partial charge in [0.2, 0.25) is 0 Å². The number of carbonyl (C=O) groups is 1. The van der Waals surface area contributed by atoms with Crippen molar-refractivity contribution in [1.82, 2.24) is 5.32 Å². The zero-order valence-corrected chi connectivity index (χ0v) is 17.8. The second-order valence-corrected chi connectivity index (χ2v) is 9.23. The van der Waals surface area contributed by atoms with E-state index in [1.54, 1.807) is 6.92 Å². The van der Waals surface area contributed by atoms with E-state index in [9.17, 15) is 22.4 Å². The van der Waals surface area contributed by atoms with Gasteiger partial charge in [-0.1, -0.05) is 15.9 Å². The van der Waals surface area contributed by atoms with Gasteiger partial charge < -0.3 is 15.4 Å². The Balaban J connectivity index is 1.89. The third-order valence-electron chi connectivity index (χ3n) is 4.63. The molecule has 1 saturated carbocycles. The Morgan fingerprint density at radius 2 is 1.89 bits per heavy atom. The number of anilines is 1. The number of nitrogens with one attached hydrogen (secondary N) is 2. The number of amides is 1. The Kier molecular flexibility index (Phi) is 6.89. The number of carbonyl (C=O) groups excluding carboxylic acids is 1. The fraction of sp³-hybridized carbons (Fsp3) is 0.632. The van der Waals surface area contributed by atoms with Crippen LogP contribution in [0.5, 0.6) is 0 Å². The number of rotatable bonds is 5. The van der Waals surface area contributed by atoms with Gasteiger partial charge >= 0.3 is 12.3 Å². The van der Waals surface area contributed by atoms with Crippen LogP contribution in [0.1, 0.15) is 46.1 Å². The molecule has 0 unspecified atom stereocenters. The summed E-state index contributed by atoms with van der Waals surface area (Å²) in [5.74, 6) is -1.04. The average Bonchev–Trinajstić information content (AvgIpc) is 2.40. The molecule has 0 aromatic heterocycles. The van der Waals surface area contributed by atoms with E-state index in [0.29, 0.717) is 0 Å². The van der Waals surface area contributed by atoms with Crippen LogP contribution in [0.15, 0.2) is 16.6 Å². The van der Waals surface area contributed by atoms with Gasteiger partial charge in [0.25, 0.3) is 0 Å². The summed E-state index contributed by atoms with van der Waals surface area (Å²) in [7, 11) is 0. The van der Waals surface area contributed by atoms with Crippen LogP contribution in [-0.2, 0) is 10.9 Å². The molecule has 1 atom stereocenters. The first kappa shape index (κ1) is 22.8. The van der Waals surface area contributed by atoms with Crippen LogP contribution >= 0.6 is 15.9 Å². The number of alkyl carbamates (subject to hydrolysis) is 1. The molecule has 0 spiro atoms. The molecular formula is C19H25BrF4N2O2. The fourth-order valence-electron chi connectivity index (χ4n) is 3.21. The van der Waals surface area contributed by atoms with Gasteiger partial charge in [0.05, 0.1) is 12.3 Å². The lowest BCUT2D eigenvalue weighted by Crippen LogP contribution is -2.43. The Hall–Kier alpha value is -1.51. The van der Waals surface area contributed by atoms with Gasteiger partial charge in [-0.2, -0.15) is 13.2 Å². The first-order valence-electron chi connectivity index (χ1n) is 9.04. The minimum atomic E-state index is -4.79. The molecule has 28 heavy (non-hydrogen) atoms. The third-order valence-corrected chi connectivity index (χ3v) is 5.09. The van der Waals surface area contributed by atoms with Crippen molar-refractivity contribution in [3.63, 3.8) is 0 Å². The molecule has 1 aromatic rings. The summed E-state index contributed by atoms with van der Waals surface area (Å²) in [4.78, 5) is 11.7. The van der Waals surface area contributed by atoms with E-state index in [4.69, 9.17) is 4.74 Å². The molecule has 1 aliphatic carbocycles. The highest BCUT2D eigenvalue weighted by Crippen LogP contribution is 2.41. The number of halogens is 5. The maximum Gasteiger partial charge on any atom is 0.421 e. The molecule has 0 aliphatic heterocycles. The molecule has 1 aliphatic rings. The second kappa shape index (κ2) is 8.47. The summed E-state index contributed by atoms with van der Waals surface area (Å²) < 4.78 is 58.9. The van der Waals surface area contributed by atoms with Gasteiger partial charge in [-0.15, -0.1) is 0 Å². The lowest BCUT2D eigenvalue weighted by atomic mass is 9.72. The van der Waals surface area contributed by atoms with Crippen molar-refractivity contribution in [2.45, 2.75) is 58.3 Å².